The molecule has 3 heteroatoms. The lowest BCUT2D eigenvalue weighted by Crippen LogP contribution is -2.29. The van der Waals surface area contributed by atoms with Gasteiger partial charge in [0.25, 0.3) is 0 Å². The van der Waals surface area contributed by atoms with E-state index in [1.165, 1.54) is 17.5 Å². The molecule has 0 aromatic heterocycles. The van der Waals surface area contributed by atoms with Gasteiger partial charge in [-0.15, -0.1) is 0 Å². The fourth-order valence-electron chi connectivity index (χ4n) is 2.46. The first-order valence-corrected chi connectivity index (χ1v) is 6.79. The molecule has 0 saturated carbocycles. The number of hydrogen-bond donors (Lipinski definition) is 1. The van der Waals surface area contributed by atoms with Crippen LogP contribution >= 0.6 is 0 Å². The topological polar surface area (TPSA) is 24.5 Å². The van der Waals surface area contributed by atoms with Gasteiger partial charge in [0.15, 0.2) is 0 Å². The Morgan fingerprint density at radius 2 is 2.22 bits per heavy atom. The van der Waals surface area contributed by atoms with Gasteiger partial charge >= 0.3 is 0 Å². The van der Waals surface area contributed by atoms with E-state index in [1.54, 1.807) is 0 Å². The van der Waals surface area contributed by atoms with Crippen LogP contribution in [0.25, 0.3) is 0 Å². The van der Waals surface area contributed by atoms with Crippen LogP contribution in [0.5, 0.6) is 5.75 Å². The van der Waals surface area contributed by atoms with Crippen molar-refractivity contribution in [3.63, 3.8) is 0 Å². The molecule has 1 atom stereocenters. The van der Waals surface area contributed by atoms with E-state index < -0.39 is 0 Å². The second kappa shape index (κ2) is 6.21. The van der Waals surface area contributed by atoms with Crippen molar-refractivity contribution in [2.45, 2.75) is 25.8 Å². The number of aryl methyl sites for hydroxylation is 1. The molecule has 2 rings (SSSR count). The highest BCUT2D eigenvalue weighted by atomic mass is 16.5. The maximum Gasteiger partial charge on any atom is 0.126 e. The van der Waals surface area contributed by atoms with Crippen LogP contribution in [0.3, 0.4) is 0 Å². The Bertz CT molecular complexity index is 390. The lowest BCUT2D eigenvalue weighted by molar-refractivity contribution is 0.249. The van der Waals surface area contributed by atoms with E-state index in [0.717, 1.165) is 31.9 Å². The highest BCUT2D eigenvalue weighted by Gasteiger charge is 2.21. The number of nitrogens with zero attached hydrogens (tertiary/aromatic N) is 1. The Hall–Kier alpha value is -1.06. The lowest BCUT2D eigenvalue weighted by atomic mass is 9.98. The quantitative estimate of drug-likeness (QED) is 0.810. The molecule has 1 aromatic rings. The smallest absolute Gasteiger partial charge is 0.126 e. The molecule has 0 saturated heterocycles. The molecular formula is C15H24N2O. The zero-order chi connectivity index (χ0) is 13.0. The molecular weight excluding hydrogens is 224 g/mol. The van der Waals surface area contributed by atoms with E-state index >= 15 is 0 Å². The second-order valence-electron chi connectivity index (χ2n) is 5.29. The van der Waals surface area contributed by atoms with Crippen molar-refractivity contribution in [3.8, 4) is 5.75 Å². The summed E-state index contributed by atoms with van der Waals surface area (Å²) in [5.41, 5.74) is 2.57. The van der Waals surface area contributed by atoms with E-state index in [9.17, 15) is 0 Å². The fraction of sp³-hybridized carbons (Fsp3) is 0.600. The highest BCUT2D eigenvalue weighted by molar-refractivity contribution is 5.43. The molecule has 3 nitrogen and oxygen atoms in total. The maximum absolute atomic E-state index is 5.78. The van der Waals surface area contributed by atoms with Crippen molar-refractivity contribution in [1.82, 2.24) is 10.2 Å². The number of fused-ring (bicyclic) bond motifs is 1. The molecule has 0 amide bonds. The molecule has 1 aromatic carbocycles. The van der Waals surface area contributed by atoms with Crippen LogP contribution < -0.4 is 10.1 Å². The number of ether oxygens (including phenoxy) is 1. The molecule has 100 valence electrons. The van der Waals surface area contributed by atoms with Crippen molar-refractivity contribution >= 4 is 0 Å². The van der Waals surface area contributed by atoms with E-state index in [2.05, 4.69) is 49.4 Å². The van der Waals surface area contributed by atoms with Crippen molar-refractivity contribution < 1.29 is 4.74 Å². The predicted molar refractivity (Wildman–Crippen MR) is 75.2 cm³/mol. The Balaban J connectivity index is 1.94. The fourth-order valence-corrected chi connectivity index (χ4v) is 2.46. The Kier molecular flexibility index (Phi) is 4.61. The molecule has 0 fully saturated rings. The predicted octanol–water partition coefficient (Wildman–Crippen LogP) is 2.36. The van der Waals surface area contributed by atoms with Crippen molar-refractivity contribution in [1.29, 1.82) is 0 Å². The van der Waals surface area contributed by atoms with Gasteiger partial charge in [-0.1, -0.05) is 18.2 Å². The summed E-state index contributed by atoms with van der Waals surface area (Å²) in [7, 11) is 4.24. The molecule has 0 radical (unpaired) electrons. The van der Waals surface area contributed by atoms with Gasteiger partial charge in [0.05, 0.1) is 6.61 Å². The molecule has 1 heterocycles. The number of rotatable bonds is 5. The zero-order valence-corrected chi connectivity index (χ0v) is 11.7. The Labute approximate surface area is 110 Å². The third kappa shape index (κ3) is 3.24. The average Bonchev–Trinajstić information content (AvgIpc) is 2.35. The number of nitrogens with one attached hydrogen (secondary N) is 1. The molecule has 1 aliphatic heterocycles. The molecule has 0 spiro atoms. The van der Waals surface area contributed by atoms with Gasteiger partial charge in [-0.3, -0.25) is 0 Å². The van der Waals surface area contributed by atoms with E-state index in [1.807, 2.05) is 0 Å². The van der Waals surface area contributed by atoms with Crippen LogP contribution in [0.4, 0.5) is 0 Å². The first-order chi connectivity index (χ1) is 8.68. The molecule has 0 bridgehead atoms. The lowest BCUT2D eigenvalue weighted by Gasteiger charge is -2.28. The van der Waals surface area contributed by atoms with Crippen molar-refractivity contribution in [3.05, 3.63) is 29.3 Å². The van der Waals surface area contributed by atoms with Gasteiger partial charge in [0.1, 0.15) is 5.75 Å². The molecule has 1 N–H and O–H groups in total. The van der Waals surface area contributed by atoms with Crippen molar-refractivity contribution in [2.75, 3.05) is 33.8 Å². The first kappa shape index (κ1) is 13.4. The van der Waals surface area contributed by atoms with Gasteiger partial charge in [-0.2, -0.15) is 0 Å². The maximum atomic E-state index is 5.78. The monoisotopic (exact) mass is 248 g/mol. The Morgan fingerprint density at radius 3 is 3.00 bits per heavy atom. The van der Waals surface area contributed by atoms with Crippen molar-refractivity contribution in [2.24, 2.45) is 0 Å². The minimum absolute atomic E-state index is 0.454. The molecule has 18 heavy (non-hydrogen) atoms. The number of hydrogen-bond acceptors (Lipinski definition) is 3. The third-order valence-corrected chi connectivity index (χ3v) is 3.44. The van der Waals surface area contributed by atoms with Crippen LogP contribution in [-0.4, -0.2) is 38.7 Å². The van der Waals surface area contributed by atoms with Gasteiger partial charge in [-0.05, 0) is 46.1 Å². The van der Waals surface area contributed by atoms with Gasteiger partial charge in [0.2, 0.25) is 0 Å². The third-order valence-electron chi connectivity index (χ3n) is 3.44. The Morgan fingerprint density at radius 1 is 1.39 bits per heavy atom. The molecule has 1 unspecified atom stereocenters. The normalized spacial score (nSPS) is 18.6. The summed E-state index contributed by atoms with van der Waals surface area (Å²) in [4.78, 5) is 2.23. The number of benzene rings is 1. The minimum atomic E-state index is 0.454. The summed E-state index contributed by atoms with van der Waals surface area (Å²) < 4.78 is 5.78. The molecule has 1 aliphatic rings. The average molecular weight is 248 g/mol. The summed E-state index contributed by atoms with van der Waals surface area (Å²) >= 11 is 0. The second-order valence-corrected chi connectivity index (χ2v) is 5.29. The van der Waals surface area contributed by atoms with E-state index in [-0.39, 0.29) is 0 Å². The summed E-state index contributed by atoms with van der Waals surface area (Å²) in [6.07, 6.45) is 2.25. The zero-order valence-electron chi connectivity index (χ0n) is 11.7. The van der Waals surface area contributed by atoms with Gasteiger partial charge in [0, 0.05) is 18.0 Å². The van der Waals surface area contributed by atoms with Crippen LogP contribution in [0.15, 0.2) is 18.2 Å². The standard InChI is InChI=1S/C15H24N2O/c1-12-6-4-7-13-14(8-11-18-15(12)13)16-9-5-10-17(2)3/h4,6-7,14,16H,5,8-11H2,1-3H3. The highest BCUT2D eigenvalue weighted by Crippen LogP contribution is 2.34. The summed E-state index contributed by atoms with van der Waals surface area (Å²) in [5.74, 6) is 1.09. The first-order valence-electron chi connectivity index (χ1n) is 6.79. The van der Waals surface area contributed by atoms with Crippen LogP contribution in [0.2, 0.25) is 0 Å². The van der Waals surface area contributed by atoms with Gasteiger partial charge in [-0.25, -0.2) is 0 Å². The van der Waals surface area contributed by atoms with Crippen LogP contribution in [0, 0.1) is 6.92 Å². The van der Waals surface area contributed by atoms with Crippen LogP contribution in [0.1, 0.15) is 30.0 Å². The molecule has 0 aliphatic carbocycles. The van der Waals surface area contributed by atoms with E-state index in [4.69, 9.17) is 4.74 Å². The summed E-state index contributed by atoms with van der Waals surface area (Å²) in [6.45, 7) is 5.14. The minimum Gasteiger partial charge on any atom is -0.493 e. The summed E-state index contributed by atoms with van der Waals surface area (Å²) in [5, 5.41) is 3.65. The van der Waals surface area contributed by atoms with E-state index in [0.29, 0.717) is 6.04 Å². The SMILES string of the molecule is Cc1cccc2c1OCCC2NCCCN(C)C. The summed E-state index contributed by atoms with van der Waals surface area (Å²) in [6, 6.07) is 6.88. The number of para-hydroxylation sites is 1. The van der Waals surface area contributed by atoms with Gasteiger partial charge < -0.3 is 15.0 Å². The van der Waals surface area contributed by atoms with Crippen LogP contribution in [-0.2, 0) is 0 Å². The largest absolute Gasteiger partial charge is 0.493 e.